The molecule has 0 aromatic heterocycles. The third-order valence-corrected chi connectivity index (χ3v) is 6.74. The van der Waals surface area contributed by atoms with Crippen molar-refractivity contribution in [2.45, 2.75) is 38.5 Å². The first-order valence-electron chi connectivity index (χ1n) is 9.68. The smallest absolute Gasteiger partial charge is 0.220 e. The summed E-state index contributed by atoms with van der Waals surface area (Å²) >= 11 is 0. The zero-order valence-corrected chi connectivity index (χ0v) is 16.4. The van der Waals surface area contributed by atoms with E-state index in [0.717, 1.165) is 42.7 Å². The normalized spacial score (nSPS) is 17.5. The Morgan fingerprint density at radius 1 is 1.07 bits per heavy atom. The molecule has 1 saturated heterocycles. The largest absolute Gasteiger partial charge is 0.486 e. The molecule has 150 valence electrons. The molecule has 1 fully saturated rings. The van der Waals surface area contributed by atoms with Gasteiger partial charge < -0.3 is 14.8 Å². The van der Waals surface area contributed by atoms with Gasteiger partial charge in [-0.25, -0.2) is 12.7 Å². The number of fused-ring (bicyclic) bond motifs is 1. The molecule has 1 aromatic rings. The average Bonchev–Trinajstić information content (AvgIpc) is 2.68. The van der Waals surface area contributed by atoms with Gasteiger partial charge in [0.05, 0.1) is 5.75 Å². The predicted octanol–water partition coefficient (Wildman–Crippen LogP) is 1.71. The number of ether oxygens (including phenoxy) is 2. The molecule has 0 bridgehead atoms. The van der Waals surface area contributed by atoms with Crippen LogP contribution in [-0.2, 0) is 21.2 Å². The lowest BCUT2D eigenvalue weighted by molar-refractivity contribution is -0.121. The Labute approximate surface area is 161 Å². The van der Waals surface area contributed by atoms with Crippen molar-refractivity contribution in [3.63, 3.8) is 0 Å². The molecule has 0 unspecified atom stereocenters. The van der Waals surface area contributed by atoms with E-state index in [4.69, 9.17) is 9.47 Å². The Morgan fingerprint density at radius 2 is 1.81 bits per heavy atom. The van der Waals surface area contributed by atoms with Crippen LogP contribution in [0.1, 0.15) is 37.7 Å². The number of hydrogen-bond acceptors (Lipinski definition) is 5. The van der Waals surface area contributed by atoms with Gasteiger partial charge in [-0.05, 0) is 43.4 Å². The summed E-state index contributed by atoms with van der Waals surface area (Å²) in [6.07, 6.45) is 4.77. The number of nitrogens with zero attached hydrogens (tertiary/aromatic N) is 1. The summed E-state index contributed by atoms with van der Waals surface area (Å²) in [5.74, 6) is 1.38. The van der Waals surface area contributed by atoms with Gasteiger partial charge >= 0.3 is 0 Å². The van der Waals surface area contributed by atoms with Crippen molar-refractivity contribution in [1.29, 1.82) is 0 Å². The van der Waals surface area contributed by atoms with Gasteiger partial charge in [0.1, 0.15) is 13.2 Å². The number of amides is 1. The van der Waals surface area contributed by atoms with Crippen LogP contribution >= 0.6 is 0 Å². The first-order chi connectivity index (χ1) is 13.0. The van der Waals surface area contributed by atoms with E-state index in [9.17, 15) is 13.2 Å². The molecule has 0 spiro atoms. The highest BCUT2D eigenvalue weighted by Gasteiger charge is 2.23. The van der Waals surface area contributed by atoms with E-state index in [1.807, 2.05) is 18.2 Å². The SMILES string of the molecule is O=C(CCCc1ccc2c(c1)OCCO2)NCCS(=O)(=O)N1CCCCC1. The van der Waals surface area contributed by atoms with Gasteiger partial charge in [-0.1, -0.05) is 12.5 Å². The predicted molar refractivity (Wildman–Crippen MR) is 103 cm³/mol. The summed E-state index contributed by atoms with van der Waals surface area (Å²) in [6, 6.07) is 5.84. The fraction of sp³-hybridized carbons (Fsp3) is 0.632. The Hall–Kier alpha value is -1.80. The van der Waals surface area contributed by atoms with Crippen LogP contribution in [0.2, 0.25) is 0 Å². The summed E-state index contributed by atoms with van der Waals surface area (Å²) in [6.45, 7) is 2.50. The van der Waals surface area contributed by atoms with E-state index in [1.54, 1.807) is 4.31 Å². The molecule has 2 aliphatic heterocycles. The summed E-state index contributed by atoms with van der Waals surface area (Å²) in [7, 11) is -3.26. The first-order valence-corrected chi connectivity index (χ1v) is 11.3. The van der Waals surface area contributed by atoms with Gasteiger partial charge in [0.15, 0.2) is 11.5 Å². The second-order valence-corrected chi connectivity index (χ2v) is 9.05. The summed E-state index contributed by atoms with van der Waals surface area (Å²) in [5, 5.41) is 2.72. The van der Waals surface area contributed by atoms with E-state index in [2.05, 4.69) is 5.32 Å². The average molecular weight is 397 g/mol. The maximum Gasteiger partial charge on any atom is 0.220 e. The number of sulfonamides is 1. The molecule has 0 radical (unpaired) electrons. The summed E-state index contributed by atoms with van der Waals surface area (Å²) in [4.78, 5) is 12.0. The van der Waals surface area contributed by atoms with Crippen molar-refractivity contribution >= 4 is 15.9 Å². The van der Waals surface area contributed by atoms with E-state index in [-0.39, 0.29) is 18.2 Å². The Morgan fingerprint density at radius 3 is 2.59 bits per heavy atom. The lowest BCUT2D eigenvalue weighted by Gasteiger charge is -2.25. The number of nitrogens with one attached hydrogen (secondary N) is 1. The summed E-state index contributed by atoms with van der Waals surface area (Å²) in [5.41, 5.74) is 1.10. The van der Waals surface area contributed by atoms with Crippen LogP contribution in [0.15, 0.2) is 18.2 Å². The number of aryl methyl sites for hydroxylation is 1. The number of piperidine rings is 1. The highest BCUT2D eigenvalue weighted by Crippen LogP contribution is 2.31. The second kappa shape index (κ2) is 9.41. The summed E-state index contributed by atoms with van der Waals surface area (Å²) < 4.78 is 37.1. The molecule has 0 atom stereocenters. The van der Waals surface area contributed by atoms with Crippen molar-refractivity contribution in [3.05, 3.63) is 23.8 Å². The fourth-order valence-electron chi connectivity index (χ4n) is 3.38. The van der Waals surface area contributed by atoms with Gasteiger partial charge in [0.2, 0.25) is 15.9 Å². The van der Waals surface area contributed by atoms with Crippen molar-refractivity contribution in [2.75, 3.05) is 38.6 Å². The number of carbonyl (C=O) groups is 1. The second-order valence-electron chi connectivity index (χ2n) is 6.96. The van der Waals surface area contributed by atoms with Gasteiger partial charge in [-0.15, -0.1) is 0 Å². The highest BCUT2D eigenvalue weighted by molar-refractivity contribution is 7.89. The fourth-order valence-corrected chi connectivity index (χ4v) is 4.81. The van der Waals surface area contributed by atoms with Gasteiger partial charge in [0.25, 0.3) is 0 Å². The minimum Gasteiger partial charge on any atom is -0.486 e. The van der Waals surface area contributed by atoms with Gasteiger partial charge in [0, 0.05) is 26.1 Å². The monoisotopic (exact) mass is 396 g/mol. The topological polar surface area (TPSA) is 84.9 Å². The number of hydrogen-bond donors (Lipinski definition) is 1. The molecule has 2 heterocycles. The lowest BCUT2D eigenvalue weighted by Crippen LogP contribution is -2.40. The molecule has 1 amide bonds. The molecular weight excluding hydrogens is 368 g/mol. The zero-order valence-electron chi connectivity index (χ0n) is 15.6. The molecule has 8 heteroatoms. The molecule has 0 aliphatic carbocycles. The molecule has 3 rings (SSSR count). The van der Waals surface area contributed by atoms with Gasteiger partial charge in [-0.2, -0.15) is 0 Å². The number of benzene rings is 1. The first kappa shape index (κ1) is 19.9. The van der Waals surface area contributed by atoms with Crippen molar-refractivity contribution in [2.24, 2.45) is 0 Å². The van der Waals surface area contributed by atoms with E-state index in [0.29, 0.717) is 39.1 Å². The van der Waals surface area contributed by atoms with Crippen LogP contribution in [0.3, 0.4) is 0 Å². The van der Waals surface area contributed by atoms with Crippen LogP contribution < -0.4 is 14.8 Å². The van der Waals surface area contributed by atoms with Gasteiger partial charge in [-0.3, -0.25) is 4.79 Å². The zero-order chi connectivity index (χ0) is 19.1. The number of rotatable bonds is 8. The Bertz CT molecular complexity index is 744. The van der Waals surface area contributed by atoms with Crippen LogP contribution in [0.4, 0.5) is 0 Å². The molecule has 1 aromatic carbocycles. The Kier molecular flexibility index (Phi) is 6.95. The molecular formula is C19H28N2O5S. The highest BCUT2D eigenvalue weighted by atomic mass is 32.2. The minimum atomic E-state index is -3.26. The molecule has 7 nitrogen and oxygen atoms in total. The minimum absolute atomic E-state index is 0.0269. The van der Waals surface area contributed by atoms with Crippen LogP contribution in [0.25, 0.3) is 0 Å². The molecule has 0 saturated carbocycles. The van der Waals surface area contributed by atoms with Crippen molar-refractivity contribution < 1.29 is 22.7 Å². The maximum atomic E-state index is 12.2. The third kappa shape index (κ3) is 5.84. The molecule has 2 aliphatic rings. The van der Waals surface area contributed by atoms with Crippen LogP contribution in [0, 0.1) is 0 Å². The standard InChI is InChI=1S/C19H28N2O5S/c22-19(20-9-14-27(23,24)21-10-2-1-3-11-21)6-4-5-16-7-8-17-18(15-16)26-13-12-25-17/h7-8,15H,1-6,9-14H2,(H,20,22). The van der Waals surface area contributed by atoms with Crippen LogP contribution in [0.5, 0.6) is 11.5 Å². The molecule has 27 heavy (non-hydrogen) atoms. The van der Waals surface area contributed by atoms with Crippen molar-refractivity contribution in [1.82, 2.24) is 9.62 Å². The van der Waals surface area contributed by atoms with E-state index < -0.39 is 10.0 Å². The van der Waals surface area contributed by atoms with Crippen LogP contribution in [-0.4, -0.2) is 57.2 Å². The lowest BCUT2D eigenvalue weighted by atomic mass is 10.1. The third-order valence-electron chi connectivity index (χ3n) is 4.87. The van der Waals surface area contributed by atoms with Crippen molar-refractivity contribution in [3.8, 4) is 11.5 Å². The molecule has 1 N–H and O–H groups in total. The van der Waals surface area contributed by atoms with E-state index in [1.165, 1.54) is 0 Å². The maximum absolute atomic E-state index is 12.2. The quantitative estimate of drug-likeness (QED) is 0.723. The van der Waals surface area contributed by atoms with E-state index >= 15 is 0 Å². The number of carbonyl (C=O) groups excluding carboxylic acids is 1. The Balaban J connectivity index is 1.35.